The molecule has 1 atom stereocenters. The van der Waals surface area contributed by atoms with Crippen LogP contribution in [0.2, 0.25) is 0 Å². The highest BCUT2D eigenvalue weighted by molar-refractivity contribution is 7.80. The maximum absolute atomic E-state index is 8.55. The molecule has 0 aliphatic rings. The SMILES string of the molecule is CC[C@@H](C)[CH]C(=S)NCCCCO. The predicted molar refractivity (Wildman–Crippen MR) is 60.7 cm³/mol. The minimum atomic E-state index is 0.267. The van der Waals surface area contributed by atoms with Gasteiger partial charge in [0.05, 0.1) is 4.99 Å². The Kier molecular flexibility index (Phi) is 8.35. The number of thiocarbonyl (C=S) groups is 1. The van der Waals surface area contributed by atoms with E-state index in [9.17, 15) is 0 Å². The zero-order chi connectivity index (χ0) is 10.1. The molecule has 0 aromatic carbocycles. The summed E-state index contributed by atoms with van der Waals surface area (Å²) in [6, 6.07) is 0. The normalized spacial score (nSPS) is 12.5. The lowest BCUT2D eigenvalue weighted by Gasteiger charge is -2.10. The number of hydrogen-bond acceptors (Lipinski definition) is 2. The summed E-state index contributed by atoms with van der Waals surface area (Å²) in [5, 5.41) is 11.7. The number of nitrogens with one attached hydrogen (secondary N) is 1. The van der Waals surface area contributed by atoms with Crippen LogP contribution in [0.4, 0.5) is 0 Å². The Hall–Kier alpha value is -0.150. The van der Waals surface area contributed by atoms with Gasteiger partial charge in [-0.05, 0) is 18.8 Å². The molecule has 2 N–H and O–H groups in total. The maximum Gasteiger partial charge on any atom is 0.0794 e. The van der Waals surface area contributed by atoms with Crippen molar-refractivity contribution in [2.45, 2.75) is 33.1 Å². The average molecular weight is 202 g/mol. The van der Waals surface area contributed by atoms with Crippen LogP contribution in [0.5, 0.6) is 0 Å². The molecular weight excluding hydrogens is 182 g/mol. The molecule has 0 aliphatic heterocycles. The molecule has 0 unspecified atom stereocenters. The number of hydrogen-bond donors (Lipinski definition) is 2. The number of unbranched alkanes of at least 4 members (excludes halogenated alkanes) is 1. The van der Waals surface area contributed by atoms with E-state index in [-0.39, 0.29) is 6.61 Å². The molecule has 0 rings (SSSR count). The Morgan fingerprint density at radius 3 is 2.77 bits per heavy atom. The van der Waals surface area contributed by atoms with Gasteiger partial charge in [0, 0.05) is 19.6 Å². The Morgan fingerprint density at radius 2 is 2.23 bits per heavy atom. The number of aliphatic hydroxyl groups is 1. The van der Waals surface area contributed by atoms with Gasteiger partial charge in [0.15, 0.2) is 0 Å². The van der Waals surface area contributed by atoms with E-state index in [4.69, 9.17) is 17.3 Å². The Labute approximate surface area is 86.7 Å². The zero-order valence-electron chi connectivity index (χ0n) is 8.55. The molecule has 0 fully saturated rings. The van der Waals surface area contributed by atoms with Crippen LogP contribution >= 0.6 is 12.2 Å². The highest BCUT2D eigenvalue weighted by Crippen LogP contribution is 2.05. The summed E-state index contributed by atoms with van der Waals surface area (Å²) in [5.74, 6) is 0.554. The quantitative estimate of drug-likeness (QED) is 0.489. The fraction of sp³-hybridized carbons (Fsp3) is 0.800. The Morgan fingerprint density at radius 1 is 1.54 bits per heavy atom. The molecule has 77 valence electrons. The lowest BCUT2D eigenvalue weighted by atomic mass is 10.1. The van der Waals surface area contributed by atoms with Gasteiger partial charge in [0.2, 0.25) is 0 Å². The minimum Gasteiger partial charge on any atom is -0.396 e. The van der Waals surface area contributed by atoms with Gasteiger partial charge in [0.1, 0.15) is 0 Å². The summed E-state index contributed by atoms with van der Waals surface area (Å²) in [7, 11) is 0. The Balaban J connectivity index is 3.30. The molecule has 1 radical (unpaired) electrons. The number of rotatable bonds is 7. The van der Waals surface area contributed by atoms with Crippen LogP contribution < -0.4 is 5.32 Å². The summed E-state index contributed by atoms with van der Waals surface area (Å²) in [4.78, 5) is 0.840. The first kappa shape index (κ1) is 12.8. The lowest BCUT2D eigenvalue weighted by molar-refractivity contribution is 0.285. The first-order valence-electron chi connectivity index (χ1n) is 4.94. The Bertz CT molecular complexity index is 139. The minimum absolute atomic E-state index is 0.267. The van der Waals surface area contributed by atoms with Crippen LogP contribution in [0.15, 0.2) is 0 Å². The fourth-order valence-corrected chi connectivity index (χ4v) is 1.22. The van der Waals surface area contributed by atoms with Crippen molar-refractivity contribution in [3.63, 3.8) is 0 Å². The first-order chi connectivity index (χ1) is 6.20. The van der Waals surface area contributed by atoms with Crippen molar-refractivity contribution < 1.29 is 5.11 Å². The molecule has 0 bridgehead atoms. The van der Waals surface area contributed by atoms with Crippen molar-refractivity contribution in [1.29, 1.82) is 0 Å². The van der Waals surface area contributed by atoms with E-state index in [1.54, 1.807) is 0 Å². The molecule has 13 heavy (non-hydrogen) atoms. The van der Waals surface area contributed by atoms with Crippen molar-refractivity contribution in [3.8, 4) is 0 Å². The van der Waals surface area contributed by atoms with Gasteiger partial charge in [-0.25, -0.2) is 0 Å². The summed E-state index contributed by atoms with van der Waals surface area (Å²) >= 11 is 5.12. The van der Waals surface area contributed by atoms with Crippen molar-refractivity contribution in [2.75, 3.05) is 13.2 Å². The lowest BCUT2D eigenvalue weighted by Crippen LogP contribution is -2.24. The molecule has 0 aliphatic carbocycles. The third kappa shape index (κ3) is 8.19. The van der Waals surface area contributed by atoms with E-state index in [2.05, 4.69) is 25.6 Å². The standard InChI is InChI=1S/C10H20NOS/c1-3-9(2)8-10(13)11-6-4-5-7-12/h8-9,12H,3-7H2,1-2H3,(H,11,13)/t9-/m1/s1. The third-order valence-electron chi connectivity index (χ3n) is 1.96. The largest absolute Gasteiger partial charge is 0.396 e. The maximum atomic E-state index is 8.55. The van der Waals surface area contributed by atoms with Gasteiger partial charge in [-0.15, -0.1) is 0 Å². The van der Waals surface area contributed by atoms with E-state index in [1.165, 1.54) is 0 Å². The molecule has 3 heteroatoms. The third-order valence-corrected chi connectivity index (χ3v) is 2.24. The summed E-state index contributed by atoms with van der Waals surface area (Å²) < 4.78 is 0. The fourth-order valence-electron chi connectivity index (χ4n) is 0.884. The summed E-state index contributed by atoms with van der Waals surface area (Å²) in [6.07, 6.45) is 5.02. The topological polar surface area (TPSA) is 32.3 Å². The summed E-state index contributed by atoms with van der Waals surface area (Å²) in [5.41, 5.74) is 0. The van der Waals surface area contributed by atoms with Gasteiger partial charge in [-0.1, -0.05) is 32.5 Å². The monoisotopic (exact) mass is 202 g/mol. The molecular formula is C10H20NOS. The second-order valence-corrected chi connectivity index (χ2v) is 3.71. The molecule has 2 nitrogen and oxygen atoms in total. The van der Waals surface area contributed by atoms with Crippen LogP contribution in [0.1, 0.15) is 33.1 Å². The van der Waals surface area contributed by atoms with E-state index in [1.807, 2.05) is 0 Å². The van der Waals surface area contributed by atoms with Gasteiger partial charge in [-0.3, -0.25) is 0 Å². The predicted octanol–water partition coefficient (Wildman–Crippen LogP) is 1.93. The molecule has 0 aromatic rings. The van der Waals surface area contributed by atoms with Gasteiger partial charge < -0.3 is 10.4 Å². The van der Waals surface area contributed by atoms with Crippen LogP contribution in [0, 0.1) is 12.3 Å². The van der Waals surface area contributed by atoms with Crippen molar-refractivity contribution in [1.82, 2.24) is 5.32 Å². The van der Waals surface area contributed by atoms with E-state index in [0.29, 0.717) is 5.92 Å². The molecule has 0 saturated heterocycles. The molecule has 0 heterocycles. The van der Waals surface area contributed by atoms with Crippen LogP contribution in [0.3, 0.4) is 0 Å². The van der Waals surface area contributed by atoms with Gasteiger partial charge >= 0.3 is 0 Å². The zero-order valence-corrected chi connectivity index (χ0v) is 9.36. The molecule has 0 aromatic heterocycles. The van der Waals surface area contributed by atoms with Crippen molar-refractivity contribution in [2.24, 2.45) is 5.92 Å². The van der Waals surface area contributed by atoms with E-state index >= 15 is 0 Å². The number of aliphatic hydroxyl groups excluding tert-OH is 1. The molecule has 0 saturated carbocycles. The van der Waals surface area contributed by atoms with Crippen LogP contribution in [0.25, 0.3) is 0 Å². The highest BCUT2D eigenvalue weighted by atomic mass is 32.1. The van der Waals surface area contributed by atoms with Gasteiger partial charge in [-0.2, -0.15) is 0 Å². The second-order valence-electron chi connectivity index (χ2n) is 3.27. The van der Waals surface area contributed by atoms with Crippen LogP contribution in [-0.4, -0.2) is 23.2 Å². The van der Waals surface area contributed by atoms with E-state index < -0.39 is 0 Å². The smallest absolute Gasteiger partial charge is 0.0794 e. The highest BCUT2D eigenvalue weighted by Gasteiger charge is 2.02. The second kappa shape index (κ2) is 8.45. The van der Waals surface area contributed by atoms with Crippen molar-refractivity contribution >= 4 is 17.2 Å². The summed E-state index contributed by atoms with van der Waals surface area (Å²) in [6.45, 7) is 5.44. The average Bonchev–Trinajstić information content (AvgIpc) is 2.12. The molecule has 0 spiro atoms. The van der Waals surface area contributed by atoms with E-state index in [0.717, 1.165) is 30.8 Å². The van der Waals surface area contributed by atoms with Crippen molar-refractivity contribution in [3.05, 3.63) is 6.42 Å². The van der Waals surface area contributed by atoms with Crippen LogP contribution in [-0.2, 0) is 0 Å². The molecule has 0 amide bonds. The first-order valence-corrected chi connectivity index (χ1v) is 5.35. The van der Waals surface area contributed by atoms with Gasteiger partial charge in [0.25, 0.3) is 0 Å².